The number of hydrogen-bond acceptors (Lipinski definition) is 3. The third-order valence-corrected chi connectivity index (χ3v) is 8.46. The predicted molar refractivity (Wildman–Crippen MR) is 124 cm³/mol. The molecule has 0 amide bonds. The molecule has 0 bridgehead atoms. The van der Waals surface area contributed by atoms with Crippen molar-refractivity contribution in [3.8, 4) is 0 Å². The number of fused-ring (bicyclic) bond motifs is 3. The summed E-state index contributed by atoms with van der Waals surface area (Å²) in [5, 5.41) is 5.67. The first-order valence-electron chi connectivity index (χ1n) is 12.2. The highest BCUT2D eigenvalue weighted by molar-refractivity contribution is 5.85. The van der Waals surface area contributed by atoms with Crippen LogP contribution in [0.4, 0.5) is 0 Å². The van der Waals surface area contributed by atoms with Gasteiger partial charge in [0.25, 0.3) is 0 Å². The quantitative estimate of drug-likeness (QED) is 0.577. The third-order valence-electron chi connectivity index (χ3n) is 8.46. The fraction of sp³-hybridized carbons (Fsp3) is 0.741. The Hall–Kier alpha value is -1.35. The number of likely N-dealkylation sites (tertiary alicyclic amines) is 1. The van der Waals surface area contributed by atoms with Crippen LogP contribution in [0.5, 0.6) is 0 Å². The Kier molecular flexibility index (Phi) is 4.67. The van der Waals surface area contributed by atoms with Gasteiger partial charge in [-0.2, -0.15) is 0 Å². The number of nitrogens with zero attached hydrogens (tertiary/aromatic N) is 2. The van der Waals surface area contributed by atoms with Gasteiger partial charge in [0, 0.05) is 36.0 Å². The highest BCUT2D eigenvalue weighted by atomic mass is 16.5. The largest absolute Gasteiger partial charge is 0.356 e. The van der Waals surface area contributed by atoms with Crippen molar-refractivity contribution in [2.24, 2.45) is 22.7 Å². The maximum Gasteiger partial charge on any atom is 0.170 e. The predicted octanol–water partition coefficient (Wildman–Crippen LogP) is 6.38. The summed E-state index contributed by atoms with van der Waals surface area (Å²) in [6, 6.07) is 4.59. The second-order valence-corrected chi connectivity index (χ2v) is 12.9. The molecule has 1 saturated carbocycles. The van der Waals surface area contributed by atoms with Gasteiger partial charge in [0.15, 0.2) is 5.58 Å². The lowest BCUT2D eigenvalue weighted by molar-refractivity contribution is -0.0553. The molecule has 1 aliphatic heterocycles. The zero-order valence-corrected chi connectivity index (χ0v) is 20.0. The van der Waals surface area contributed by atoms with E-state index in [1.807, 2.05) is 0 Å². The lowest BCUT2D eigenvalue weighted by Gasteiger charge is -2.55. The number of aromatic nitrogens is 1. The van der Waals surface area contributed by atoms with Crippen molar-refractivity contribution in [3.63, 3.8) is 0 Å². The summed E-state index contributed by atoms with van der Waals surface area (Å²) >= 11 is 0. The van der Waals surface area contributed by atoms with Gasteiger partial charge in [0.2, 0.25) is 0 Å². The highest BCUT2D eigenvalue weighted by Gasteiger charge is 2.47. The van der Waals surface area contributed by atoms with Crippen molar-refractivity contribution in [1.82, 2.24) is 10.1 Å². The molecule has 1 saturated heterocycles. The molecule has 2 aliphatic carbocycles. The zero-order valence-electron chi connectivity index (χ0n) is 20.0. The van der Waals surface area contributed by atoms with E-state index in [1.165, 1.54) is 68.3 Å². The van der Waals surface area contributed by atoms with E-state index in [2.05, 4.69) is 63.7 Å². The van der Waals surface area contributed by atoms with E-state index < -0.39 is 0 Å². The molecule has 1 aromatic heterocycles. The fourth-order valence-electron chi connectivity index (χ4n) is 6.67. The van der Waals surface area contributed by atoms with E-state index in [0.717, 1.165) is 29.5 Å². The molecule has 3 nitrogen and oxygen atoms in total. The molecule has 2 heterocycles. The molecule has 1 spiro atoms. The molecule has 2 fully saturated rings. The van der Waals surface area contributed by atoms with Crippen LogP contribution in [0.25, 0.3) is 11.0 Å². The van der Waals surface area contributed by atoms with Crippen LogP contribution < -0.4 is 0 Å². The third kappa shape index (κ3) is 3.51. The van der Waals surface area contributed by atoms with Gasteiger partial charge in [-0.05, 0) is 72.8 Å². The summed E-state index contributed by atoms with van der Waals surface area (Å²) < 4.78 is 5.88. The Bertz CT molecular complexity index is 926. The monoisotopic (exact) mass is 408 g/mol. The molecule has 0 radical (unpaired) electrons. The Morgan fingerprint density at radius 1 is 1.03 bits per heavy atom. The number of hydrogen-bond donors (Lipinski definition) is 0. The van der Waals surface area contributed by atoms with Crippen molar-refractivity contribution >= 4 is 11.0 Å². The average molecular weight is 409 g/mol. The lowest BCUT2D eigenvalue weighted by atomic mass is 9.61. The van der Waals surface area contributed by atoms with E-state index in [4.69, 9.17) is 4.52 Å². The van der Waals surface area contributed by atoms with Crippen LogP contribution in [0.3, 0.4) is 0 Å². The van der Waals surface area contributed by atoms with Crippen LogP contribution in [-0.2, 0) is 18.3 Å². The molecule has 3 aliphatic rings. The van der Waals surface area contributed by atoms with Gasteiger partial charge in [0.05, 0.1) is 5.69 Å². The van der Waals surface area contributed by atoms with Gasteiger partial charge in [0.1, 0.15) is 0 Å². The maximum atomic E-state index is 5.88. The van der Waals surface area contributed by atoms with Gasteiger partial charge in [-0.15, -0.1) is 0 Å². The van der Waals surface area contributed by atoms with Crippen molar-refractivity contribution in [3.05, 3.63) is 29.0 Å². The van der Waals surface area contributed by atoms with E-state index in [-0.39, 0.29) is 5.41 Å². The standard InChI is InChI=1S/C27H40N2O/c1-25(2,3)20-9-11-27(12-10-20)16-29(17-27)15-18-13-19-7-8-21-23(22(19)14-18)30-28-24(21)26(4,5)6/h7-8,18,20H,9-17H2,1-6H3/t18-/m1/s1. The number of benzene rings is 1. The molecule has 164 valence electrons. The highest BCUT2D eigenvalue weighted by Crippen LogP contribution is 2.50. The molecule has 0 N–H and O–H groups in total. The van der Waals surface area contributed by atoms with Gasteiger partial charge in [-0.25, -0.2) is 0 Å². The summed E-state index contributed by atoms with van der Waals surface area (Å²) in [7, 11) is 0. The first-order chi connectivity index (χ1) is 14.0. The van der Waals surface area contributed by atoms with Crippen LogP contribution in [0, 0.1) is 22.7 Å². The molecule has 0 unspecified atom stereocenters. The molecule has 5 rings (SSSR count). The van der Waals surface area contributed by atoms with Crippen LogP contribution >= 0.6 is 0 Å². The van der Waals surface area contributed by atoms with E-state index >= 15 is 0 Å². The van der Waals surface area contributed by atoms with E-state index in [0.29, 0.717) is 10.8 Å². The van der Waals surface area contributed by atoms with Gasteiger partial charge < -0.3 is 9.42 Å². The fourth-order valence-corrected chi connectivity index (χ4v) is 6.67. The second kappa shape index (κ2) is 6.82. The SMILES string of the molecule is CC(C)(C)c1noc2c3c(ccc12)C[C@@H](CN1CC2(CCC(C(C)(C)C)CC2)C1)C3. The van der Waals surface area contributed by atoms with Crippen molar-refractivity contribution < 1.29 is 4.52 Å². The summed E-state index contributed by atoms with van der Waals surface area (Å²) in [5.74, 6) is 1.65. The molecule has 2 aromatic rings. The lowest BCUT2D eigenvalue weighted by Crippen LogP contribution is -2.58. The summed E-state index contributed by atoms with van der Waals surface area (Å²) in [4.78, 5) is 2.74. The summed E-state index contributed by atoms with van der Waals surface area (Å²) in [6.45, 7) is 17.9. The van der Waals surface area contributed by atoms with Crippen LogP contribution in [0.15, 0.2) is 16.7 Å². The molecule has 30 heavy (non-hydrogen) atoms. The van der Waals surface area contributed by atoms with Crippen LogP contribution in [-0.4, -0.2) is 29.7 Å². The topological polar surface area (TPSA) is 29.3 Å². The Morgan fingerprint density at radius 3 is 2.37 bits per heavy atom. The first-order valence-corrected chi connectivity index (χ1v) is 12.2. The molecule has 1 atom stereocenters. The minimum absolute atomic E-state index is 0.0233. The van der Waals surface area contributed by atoms with Crippen LogP contribution in [0.2, 0.25) is 0 Å². The smallest absolute Gasteiger partial charge is 0.170 e. The molecule has 3 heteroatoms. The van der Waals surface area contributed by atoms with Crippen LogP contribution in [0.1, 0.15) is 84.0 Å². The van der Waals surface area contributed by atoms with Gasteiger partial charge in [-0.3, -0.25) is 0 Å². The zero-order chi connectivity index (χ0) is 21.3. The first kappa shape index (κ1) is 20.5. The van der Waals surface area contributed by atoms with Gasteiger partial charge in [-0.1, -0.05) is 52.8 Å². The Labute approximate surface area is 182 Å². The Balaban J connectivity index is 1.20. The minimum Gasteiger partial charge on any atom is -0.356 e. The van der Waals surface area contributed by atoms with E-state index in [1.54, 1.807) is 0 Å². The van der Waals surface area contributed by atoms with Crippen molar-refractivity contribution in [2.45, 2.75) is 85.5 Å². The maximum absolute atomic E-state index is 5.88. The van der Waals surface area contributed by atoms with Gasteiger partial charge >= 0.3 is 0 Å². The summed E-state index contributed by atoms with van der Waals surface area (Å²) in [5.41, 5.74) is 6.23. The second-order valence-electron chi connectivity index (χ2n) is 12.9. The van der Waals surface area contributed by atoms with Crippen molar-refractivity contribution in [2.75, 3.05) is 19.6 Å². The molecule has 1 aromatic carbocycles. The van der Waals surface area contributed by atoms with E-state index in [9.17, 15) is 0 Å². The average Bonchev–Trinajstić information content (AvgIpc) is 3.22. The molecular formula is C27H40N2O. The number of rotatable bonds is 2. The minimum atomic E-state index is 0.0233. The Morgan fingerprint density at radius 2 is 1.73 bits per heavy atom. The molecular weight excluding hydrogens is 368 g/mol. The normalized spacial score (nSPS) is 25.1. The van der Waals surface area contributed by atoms with Crippen molar-refractivity contribution in [1.29, 1.82) is 0 Å². The summed E-state index contributed by atoms with van der Waals surface area (Å²) in [6.07, 6.45) is 8.13.